The Kier molecular flexibility index (Phi) is 6.26. The van der Waals surface area contributed by atoms with Crippen molar-refractivity contribution in [1.82, 2.24) is 0 Å². The first-order valence-electron chi connectivity index (χ1n) is 7.65. The number of benzene rings is 1. The van der Waals surface area contributed by atoms with Crippen LogP contribution in [0.25, 0.3) is 0 Å². The second-order valence-corrected chi connectivity index (χ2v) is 6.31. The molecule has 1 saturated heterocycles. The summed E-state index contributed by atoms with van der Waals surface area (Å²) in [6, 6.07) is 7.19. The summed E-state index contributed by atoms with van der Waals surface area (Å²) in [5.74, 6) is 0.232. The number of hydrogen-bond acceptors (Lipinski definition) is 4. The molecule has 1 aromatic carbocycles. The number of nitrogens with zero attached hydrogens (tertiary/aromatic N) is 1. The molecule has 1 aliphatic rings. The summed E-state index contributed by atoms with van der Waals surface area (Å²) in [7, 11) is -1.25. The largest absolute Gasteiger partial charge is 0.451 e. The molecule has 1 amide bonds. The van der Waals surface area contributed by atoms with E-state index in [0.29, 0.717) is 24.3 Å². The average Bonchev–Trinajstić information content (AvgIpc) is 2.86. The van der Waals surface area contributed by atoms with Crippen LogP contribution in [0, 0.1) is 5.92 Å². The Bertz CT molecular complexity index is 498. The van der Waals surface area contributed by atoms with Gasteiger partial charge in [0.2, 0.25) is 5.91 Å². The average molecular weight is 325 g/mol. The molecule has 5 nitrogen and oxygen atoms in total. The first-order chi connectivity index (χ1) is 10.5. The molecule has 2 atom stereocenters. The van der Waals surface area contributed by atoms with Gasteiger partial charge in [0.1, 0.15) is 0 Å². The van der Waals surface area contributed by atoms with Crippen molar-refractivity contribution in [3.8, 4) is 0 Å². The van der Waals surface area contributed by atoms with E-state index in [0.717, 1.165) is 24.9 Å². The van der Waals surface area contributed by atoms with E-state index in [4.69, 9.17) is 27.4 Å². The van der Waals surface area contributed by atoms with Crippen molar-refractivity contribution in [2.75, 3.05) is 11.4 Å². The second kappa shape index (κ2) is 7.97. The normalized spacial score (nSPS) is 19.5. The minimum Gasteiger partial charge on any atom is -0.427 e. The predicted octanol–water partition coefficient (Wildman–Crippen LogP) is 1.66. The van der Waals surface area contributed by atoms with Gasteiger partial charge in [-0.05, 0) is 37.0 Å². The molecule has 7 heteroatoms. The van der Waals surface area contributed by atoms with Crippen molar-refractivity contribution in [3.05, 3.63) is 29.3 Å². The molecule has 4 N–H and O–H groups in total. The molecule has 0 aromatic heterocycles. The van der Waals surface area contributed by atoms with Gasteiger partial charge in [-0.2, -0.15) is 0 Å². The highest BCUT2D eigenvalue weighted by molar-refractivity contribution is 6.40. The van der Waals surface area contributed by atoms with E-state index < -0.39 is 7.12 Å². The van der Waals surface area contributed by atoms with Crippen LogP contribution in [0.3, 0.4) is 0 Å². The van der Waals surface area contributed by atoms with Crippen molar-refractivity contribution < 1.29 is 14.8 Å². The Morgan fingerprint density at radius 1 is 1.32 bits per heavy atom. The molecule has 0 saturated carbocycles. The quantitative estimate of drug-likeness (QED) is 0.526. The number of unbranched alkanes of at least 4 members (excludes halogenated alkanes) is 1. The van der Waals surface area contributed by atoms with E-state index in [2.05, 4.69) is 0 Å². The number of amides is 1. The Morgan fingerprint density at radius 2 is 2.00 bits per heavy atom. The van der Waals surface area contributed by atoms with Gasteiger partial charge < -0.3 is 20.7 Å². The third-order valence-corrected chi connectivity index (χ3v) is 4.40. The standard InChI is InChI=1S/C15H22BClN2O3/c17-12-4-6-13(7-5-12)19-10-11(9-15(19)20)14(18)3-1-2-8-16(21)22/h4-7,11,14,21-22H,1-3,8-10,18H2/t11-,14?/m1/s1. The lowest BCUT2D eigenvalue weighted by Gasteiger charge is -2.20. The number of halogens is 1. The first-order valence-corrected chi connectivity index (χ1v) is 8.03. The van der Waals surface area contributed by atoms with Gasteiger partial charge >= 0.3 is 7.12 Å². The Hall–Kier alpha value is -1.08. The third kappa shape index (κ3) is 4.71. The molecule has 22 heavy (non-hydrogen) atoms. The summed E-state index contributed by atoms with van der Waals surface area (Å²) >= 11 is 5.87. The summed E-state index contributed by atoms with van der Waals surface area (Å²) in [6.45, 7) is 0.629. The lowest BCUT2D eigenvalue weighted by atomic mass is 9.82. The summed E-state index contributed by atoms with van der Waals surface area (Å²) < 4.78 is 0. The maximum absolute atomic E-state index is 12.2. The fourth-order valence-electron chi connectivity index (χ4n) is 2.84. The molecule has 1 aliphatic heterocycles. The van der Waals surface area contributed by atoms with Crippen LogP contribution in [0.1, 0.15) is 25.7 Å². The minimum absolute atomic E-state index is 0.0444. The van der Waals surface area contributed by atoms with Gasteiger partial charge in [0.05, 0.1) is 0 Å². The highest BCUT2D eigenvalue weighted by Crippen LogP contribution is 2.28. The van der Waals surface area contributed by atoms with Crippen LogP contribution in [0.5, 0.6) is 0 Å². The predicted molar refractivity (Wildman–Crippen MR) is 88.7 cm³/mol. The number of carbonyl (C=O) groups excluding carboxylic acids is 1. The summed E-state index contributed by atoms with van der Waals surface area (Å²) in [6.07, 6.45) is 3.19. The number of nitrogens with two attached hydrogens (primary N) is 1. The summed E-state index contributed by atoms with van der Waals surface area (Å²) in [4.78, 5) is 13.9. The summed E-state index contributed by atoms with van der Waals surface area (Å²) in [5, 5.41) is 18.3. The zero-order valence-corrected chi connectivity index (χ0v) is 13.2. The van der Waals surface area contributed by atoms with Crippen LogP contribution in [0.4, 0.5) is 5.69 Å². The highest BCUT2D eigenvalue weighted by atomic mass is 35.5. The minimum atomic E-state index is -1.25. The van der Waals surface area contributed by atoms with Crippen LogP contribution in [0.2, 0.25) is 11.3 Å². The maximum atomic E-state index is 12.2. The van der Waals surface area contributed by atoms with E-state index >= 15 is 0 Å². The van der Waals surface area contributed by atoms with Crippen molar-refractivity contribution >= 4 is 30.3 Å². The third-order valence-electron chi connectivity index (χ3n) is 4.15. The fourth-order valence-corrected chi connectivity index (χ4v) is 2.96. The van der Waals surface area contributed by atoms with E-state index in [1.807, 2.05) is 12.1 Å². The number of rotatable bonds is 7. The van der Waals surface area contributed by atoms with Gasteiger partial charge in [-0.1, -0.05) is 24.4 Å². The van der Waals surface area contributed by atoms with E-state index in [1.165, 1.54) is 0 Å². The number of anilines is 1. The molecule has 1 fully saturated rings. The van der Waals surface area contributed by atoms with Crippen LogP contribution >= 0.6 is 11.6 Å². The first kappa shape index (κ1) is 17.3. The maximum Gasteiger partial charge on any atom is 0.451 e. The molecule has 120 valence electrons. The molecular weight excluding hydrogens is 302 g/mol. The van der Waals surface area contributed by atoms with E-state index in [-0.39, 0.29) is 17.9 Å². The Morgan fingerprint density at radius 3 is 2.64 bits per heavy atom. The molecule has 2 rings (SSSR count). The lowest BCUT2D eigenvalue weighted by molar-refractivity contribution is -0.117. The molecule has 0 aliphatic carbocycles. The van der Waals surface area contributed by atoms with Crippen LogP contribution in [-0.2, 0) is 4.79 Å². The van der Waals surface area contributed by atoms with Gasteiger partial charge in [-0.15, -0.1) is 0 Å². The summed E-state index contributed by atoms with van der Waals surface area (Å²) in [5.41, 5.74) is 7.05. The van der Waals surface area contributed by atoms with Gasteiger partial charge in [0.25, 0.3) is 0 Å². The van der Waals surface area contributed by atoms with Crippen molar-refractivity contribution in [3.63, 3.8) is 0 Å². The number of carbonyl (C=O) groups is 1. The molecule has 1 unspecified atom stereocenters. The lowest BCUT2D eigenvalue weighted by Crippen LogP contribution is -2.32. The van der Waals surface area contributed by atoms with Gasteiger partial charge in [-0.25, -0.2) is 0 Å². The smallest absolute Gasteiger partial charge is 0.427 e. The SMILES string of the molecule is NC(CCCCB(O)O)[C@@H]1CC(=O)N(c2ccc(Cl)cc2)C1. The highest BCUT2D eigenvalue weighted by Gasteiger charge is 2.33. The monoisotopic (exact) mass is 324 g/mol. The second-order valence-electron chi connectivity index (χ2n) is 5.87. The Balaban J connectivity index is 1.84. The van der Waals surface area contributed by atoms with E-state index in [9.17, 15) is 4.79 Å². The zero-order chi connectivity index (χ0) is 16.1. The molecular formula is C15H22BClN2O3. The number of hydrogen-bond donors (Lipinski definition) is 3. The fraction of sp³-hybridized carbons (Fsp3) is 0.533. The molecule has 1 aromatic rings. The molecule has 0 spiro atoms. The van der Waals surface area contributed by atoms with Crippen LogP contribution < -0.4 is 10.6 Å². The van der Waals surface area contributed by atoms with Gasteiger partial charge in [-0.3, -0.25) is 4.79 Å². The Labute approximate surface area is 136 Å². The zero-order valence-electron chi connectivity index (χ0n) is 12.5. The van der Waals surface area contributed by atoms with Crippen LogP contribution in [0.15, 0.2) is 24.3 Å². The van der Waals surface area contributed by atoms with Gasteiger partial charge in [0.15, 0.2) is 0 Å². The van der Waals surface area contributed by atoms with Crippen molar-refractivity contribution in [2.24, 2.45) is 11.7 Å². The van der Waals surface area contributed by atoms with Gasteiger partial charge in [0, 0.05) is 35.6 Å². The van der Waals surface area contributed by atoms with E-state index in [1.54, 1.807) is 17.0 Å². The van der Waals surface area contributed by atoms with Crippen molar-refractivity contribution in [1.29, 1.82) is 0 Å². The molecule has 0 radical (unpaired) electrons. The van der Waals surface area contributed by atoms with Crippen molar-refractivity contribution in [2.45, 2.75) is 38.0 Å². The topological polar surface area (TPSA) is 86.8 Å². The molecule has 1 heterocycles. The molecule has 0 bridgehead atoms. The van der Waals surface area contributed by atoms with Crippen LogP contribution in [-0.4, -0.2) is 35.7 Å².